The third kappa shape index (κ3) is 3.83. The van der Waals surface area contributed by atoms with Crippen molar-refractivity contribution in [1.82, 2.24) is 15.3 Å². The van der Waals surface area contributed by atoms with Crippen molar-refractivity contribution in [2.24, 2.45) is 0 Å². The Labute approximate surface area is 130 Å². The molecule has 0 fully saturated rings. The number of hydrogen-bond acceptors (Lipinski definition) is 5. The maximum Gasteiger partial charge on any atom is 0.227 e. The first-order valence-corrected chi connectivity index (χ1v) is 6.80. The average molecular weight is 307 g/mol. The molecule has 21 heavy (non-hydrogen) atoms. The molecule has 0 spiro atoms. The Hall–Kier alpha value is -1.85. The fraction of sp³-hybridized carbons (Fsp3) is 0.333. The highest BCUT2D eigenvalue weighted by Crippen LogP contribution is 2.21. The second kappa shape index (κ2) is 6.74. The quantitative estimate of drug-likeness (QED) is 0.909. The molecular formula is C15H19ClN4O. The molecule has 0 bridgehead atoms. The Bertz CT molecular complexity index is 618. The maximum absolute atomic E-state index is 5.68. The summed E-state index contributed by atoms with van der Waals surface area (Å²) in [6.07, 6.45) is 2.03. The molecule has 1 aliphatic rings. The fourth-order valence-electron chi connectivity index (χ4n) is 2.17. The lowest BCUT2D eigenvalue weighted by molar-refractivity contribution is 0.242. The summed E-state index contributed by atoms with van der Waals surface area (Å²) in [5.41, 5.74) is 3.17. The summed E-state index contributed by atoms with van der Waals surface area (Å²) in [5.74, 6) is 1.46. The van der Waals surface area contributed by atoms with E-state index in [-0.39, 0.29) is 18.5 Å². The summed E-state index contributed by atoms with van der Waals surface area (Å²) in [4.78, 5) is 8.85. The van der Waals surface area contributed by atoms with Crippen LogP contribution in [0.4, 0.5) is 11.6 Å². The van der Waals surface area contributed by atoms with Crippen molar-refractivity contribution in [1.29, 1.82) is 0 Å². The van der Waals surface area contributed by atoms with Gasteiger partial charge in [0.25, 0.3) is 0 Å². The Morgan fingerprint density at radius 3 is 2.95 bits per heavy atom. The molecule has 2 N–H and O–H groups in total. The maximum atomic E-state index is 5.68. The Morgan fingerprint density at radius 1 is 1.29 bits per heavy atom. The zero-order valence-corrected chi connectivity index (χ0v) is 12.9. The van der Waals surface area contributed by atoms with Gasteiger partial charge < -0.3 is 15.4 Å². The molecule has 1 aromatic heterocycles. The van der Waals surface area contributed by atoms with E-state index in [0.29, 0.717) is 5.95 Å². The standard InChI is InChI=1S/C15H18N4O.ClH/c1-10(2)20-13-5-3-4-12(6-13)18-15-17-8-11-7-16-9-14(11)19-15;/h3-6,8,10,16H,7,9H2,1-2H3,(H,17,18,19);1H. The minimum atomic E-state index is 0. The van der Waals surface area contributed by atoms with Crippen molar-refractivity contribution in [3.63, 3.8) is 0 Å². The first-order chi connectivity index (χ1) is 9.70. The molecule has 0 saturated heterocycles. The van der Waals surface area contributed by atoms with Gasteiger partial charge in [-0.15, -0.1) is 12.4 Å². The van der Waals surface area contributed by atoms with Gasteiger partial charge in [0.1, 0.15) is 5.75 Å². The molecule has 2 heterocycles. The number of hydrogen-bond donors (Lipinski definition) is 2. The molecule has 1 aliphatic heterocycles. The van der Waals surface area contributed by atoms with Crippen LogP contribution >= 0.6 is 12.4 Å². The Morgan fingerprint density at radius 2 is 2.14 bits per heavy atom. The van der Waals surface area contributed by atoms with Crippen molar-refractivity contribution in [3.05, 3.63) is 41.7 Å². The lowest BCUT2D eigenvalue weighted by Gasteiger charge is -2.11. The first-order valence-electron chi connectivity index (χ1n) is 6.80. The molecule has 0 saturated carbocycles. The third-order valence-corrected chi connectivity index (χ3v) is 3.02. The fourth-order valence-corrected chi connectivity index (χ4v) is 2.17. The average Bonchev–Trinajstić information content (AvgIpc) is 2.85. The molecule has 2 aromatic rings. The predicted molar refractivity (Wildman–Crippen MR) is 85.3 cm³/mol. The van der Waals surface area contributed by atoms with Crippen molar-refractivity contribution in [3.8, 4) is 5.75 Å². The largest absolute Gasteiger partial charge is 0.491 e. The van der Waals surface area contributed by atoms with Crippen LogP contribution in [0.3, 0.4) is 0 Å². The summed E-state index contributed by atoms with van der Waals surface area (Å²) in [7, 11) is 0. The van der Waals surface area contributed by atoms with Gasteiger partial charge in [-0.05, 0) is 26.0 Å². The van der Waals surface area contributed by atoms with E-state index in [0.717, 1.165) is 30.2 Å². The van der Waals surface area contributed by atoms with Gasteiger partial charge in [0, 0.05) is 36.6 Å². The van der Waals surface area contributed by atoms with E-state index in [9.17, 15) is 0 Å². The van der Waals surface area contributed by atoms with Gasteiger partial charge in [-0.2, -0.15) is 0 Å². The normalized spacial score (nSPS) is 12.7. The number of nitrogens with one attached hydrogen (secondary N) is 2. The van der Waals surface area contributed by atoms with Crippen LogP contribution in [0.25, 0.3) is 0 Å². The van der Waals surface area contributed by atoms with E-state index < -0.39 is 0 Å². The second-order valence-corrected chi connectivity index (χ2v) is 5.09. The SMILES string of the molecule is CC(C)Oc1cccc(Nc2ncc3c(n2)CNC3)c1.Cl. The number of benzene rings is 1. The lowest BCUT2D eigenvalue weighted by atomic mass is 10.3. The van der Waals surface area contributed by atoms with Crippen molar-refractivity contribution >= 4 is 24.0 Å². The summed E-state index contributed by atoms with van der Waals surface area (Å²) in [6.45, 7) is 5.68. The minimum Gasteiger partial charge on any atom is -0.491 e. The Balaban J connectivity index is 0.00000161. The number of ether oxygens (including phenoxy) is 1. The van der Waals surface area contributed by atoms with Gasteiger partial charge in [-0.25, -0.2) is 9.97 Å². The Kier molecular flexibility index (Phi) is 4.98. The lowest BCUT2D eigenvalue weighted by Crippen LogP contribution is -2.06. The number of anilines is 2. The number of nitrogens with zero attached hydrogens (tertiary/aromatic N) is 2. The van der Waals surface area contributed by atoms with Gasteiger partial charge in [0.2, 0.25) is 5.95 Å². The van der Waals surface area contributed by atoms with Crippen LogP contribution in [0.15, 0.2) is 30.5 Å². The highest BCUT2D eigenvalue weighted by atomic mass is 35.5. The topological polar surface area (TPSA) is 59.1 Å². The second-order valence-electron chi connectivity index (χ2n) is 5.09. The van der Waals surface area contributed by atoms with Crippen LogP contribution in [-0.2, 0) is 13.1 Å². The van der Waals surface area contributed by atoms with Gasteiger partial charge in [0.05, 0.1) is 11.8 Å². The number of rotatable bonds is 4. The summed E-state index contributed by atoms with van der Waals surface area (Å²) >= 11 is 0. The van der Waals surface area contributed by atoms with E-state index in [1.54, 1.807) is 0 Å². The molecule has 5 nitrogen and oxygen atoms in total. The van der Waals surface area contributed by atoms with Gasteiger partial charge in [0.15, 0.2) is 0 Å². The van der Waals surface area contributed by atoms with Crippen molar-refractivity contribution in [2.45, 2.75) is 33.0 Å². The molecule has 0 amide bonds. The molecule has 0 unspecified atom stereocenters. The smallest absolute Gasteiger partial charge is 0.227 e. The van der Waals surface area contributed by atoms with Gasteiger partial charge in [-0.3, -0.25) is 0 Å². The van der Waals surface area contributed by atoms with Crippen LogP contribution in [0.5, 0.6) is 5.75 Å². The molecule has 0 aliphatic carbocycles. The highest BCUT2D eigenvalue weighted by molar-refractivity contribution is 5.85. The zero-order valence-electron chi connectivity index (χ0n) is 12.1. The third-order valence-electron chi connectivity index (χ3n) is 3.02. The van der Waals surface area contributed by atoms with Crippen molar-refractivity contribution < 1.29 is 4.74 Å². The van der Waals surface area contributed by atoms with E-state index in [4.69, 9.17) is 4.74 Å². The molecule has 3 rings (SSSR count). The molecule has 0 radical (unpaired) electrons. The molecular weight excluding hydrogens is 288 g/mol. The molecule has 6 heteroatoms. The van der Waals surface area contributed by atoms with E-state index >= 15 is 0 Å². The number of aromatic nitrogens is 2. The van der Waals surface area contributed by atoms with Crippen LogP contribution in [0, 0.1) is 0 Å². The monoisotopic (exact) mass is 306 g/mol. The summed E-state index contributed by atoms with van der Waals surface area (Å²) < 4.78 is 5.68. The van der Waals surface area contributed by atoms with Crippen LogP contribution in [0.2, 0.25) is 0 Å². The summed E-state index contributed by atoms with van der Waals surface area (Å²) in [6, 6.07) is 7.82. The summed E-state index contributed by atoms with van der Waals surface area (Å²) in [5, 5.41) is 6.48. The highest BCUT2D eigenvalue weighted by Gasteiger charge is 2.12. The van der Waals surface area contributed by atoms with Crippen LogP contribution < -0.4 is 15.4 Å². The van der Waals surface area contributed by atoms with Crippen molar-refractivity contribution in [2.75, 3.05) is 5.32 Å². The van der Waals surface area contributed by atoms with Crippen LogP contribution in [0.1, 0.15) is 25.1 Å². The van der Waals surface area contributed by atoms with Crippen LogP contribution in [-0.4, -0.2) is 16.1 Å². The zero-order chi connectivity index (χ0) is 13.9. The molecule has 1 aromatic carbocycles. The first kappa shape index (κ1) is 15.5. The number of halogens is 1. The minimum absolute atomic E-state index is 0. The van der Waals surface area contributed by atoms with E-state index in [1.165, 1.54) is 5.56 Å². The molecule has 112 valence electrons. The van der Waals surface area contributed by atoms with E-state index in [2.05, 4.69) is 20.6 Å². The van der Waals surface area contributed by atoms with E-state index in [1.807, 2.05) is 44.3 Å². The predicted octanol–water partition coefficient (Wildman–Crippen LogP) is 3.03. The molecule has 0 atom stereocenters. The van der Waals surface area contributed by atoms with Gasteiger partial charge >= 0.3 is 0 Å². The van der Waals surface area contributed by atoms with Gasteiger partial charge in [-0.1, -0.05) is 6.07 Å². The number of fused-ring (bicyclic) bond motifs is 1.